The molecule has 0 radical (unpaired) electrons. The summed E-state index contributed by atoms with van der Waals surface area (Å²) in [4.78, 5) is 12.2. The van der Waals surface area contributed by atoms with Crippen LogP contribution >= 0.6 is 22.3 Å². The summed E-state index contributed by atoms with van der Waals surface area (Å²) in [6.45, 7) is 2.01. The average molecular weight is 350 g/mol. The topological polar surface area (TPSA) is 63.2 Å². The molecule has 7 heteroatoms. The van der Waals surface area contributed by atoms with Gasteiger partial charge in [0.2, 0.25) is 0 Å². The highest BCUT2D eigenvalue weighted by Crippen LogP contribution is 2.28. The maximum atomic E-state index is 12.3. The number of hydrogen-bond acceptors (Lipinski definition) is 3. The Labute approximate surface area is 134 Å². The van der Waals surface area contributed by atoms with E-state index in [0.29, 0.717) is 0 Å². The fourth-order valence-electron chi connectivity index (χ4n) is 2.64. The van der Waals surface area contributed by atoms with Crippen molar-refractivity contribution >= 4 is 37.2 Å². The molecule has 0 aliphatic heterocycles. The number of nitrogens with one attached hydrogen (secondary N) is 1. The predicted molar refractivity (Wildman–Crippen MR) is 83.4 cm³/mol. The van der Waals surface area contributed by atoms with Gasteiger partial charge in [-0.15, -0.1) is 0 Å². The van der Waals surface area contributed by atoms with Crippen LogP contribution in [0.4, 0.5) is 0 Å². The first kappa shape index (κ1) is 16.6. The number of benzene rings is 1. The molecule has 0 unspecified atom stereocenters. The molecule has 0 saturated heterocycles. The highest BCUT2D eigenvalue weighted by atomic mass is 35.7. The van der Waals surface area contributed by atoms with Gasteiger partial charge in [0.05, 0.1) is 4.90 Å². The summed E-state index contributed by atoms with van der Waals surface area (Å²) in [6, 6.07) is 3.91. The summed E-state index contributed by atoms with van der Waals surface area (Å²) in [5, 5.41) is 3.14. The summed E-state index contributed by atoms with van der Waals surface area (Å²) < 4.78 is 22.8. The van der Waals surface area contributed by atoms with Crippen LogP contribution in [0.5, 0.6) is 0 Å². The summed E-state index contributed by atoms with van der Waals surface area (Å²) in [6.07, 6.45) is 5.17. The molecule has 4 nitrogen and oxygen atoms in total. The van der Waals surface area contributed by atoms with Crippen LogP contribution in [0.15, 0.2) is 23.1 Å². The van der Waals surface area contributed by atoms with E-state index in [9.17, 15) is 13.2 Å². The minimum Gasteiger partial charge on any atom is -0.347 e. The van der Waals surface area contributed by atoms with E-state index in [1.807, 2.05) is 6.92 Å². The number of carbonyl (C=O) groups is 1. The third-order valence-electron chi connectivity index (χ3n) is 3.79. The Morgan fingerprint density at radius 1 is 1.19 bits per heavy atom. The highest BCUT2D eigenvalue weighted by Gasteiger charge is 2.29. The fraction of sp³-hybridized carbons (Fsp3) is 0.500. The molecular formula is C14H17Cl2NO3S. The van der Waals surface area contributed by atoms with Crippen LogP contribution in [-0.4, -0.2) is 19.9 Å². The zero-order chi connectivity index (χ0) is 15.7. The lowest BCUT2D eigenvalue weighted by Crippen LogP contribution is -2.47. The Morgan fingerprint density at radius 3 is 2.38 bits per heavy atom. The first-order valence-electron chi connectivity index (χ1n) is 6.77. The molecule has 0 aromatic heterocycles. The minimum absolute atomic E-state index is 0.163. The third kappa shape index (κ3) is 4.34. The molecule has 1 aliphatic rings. The monoisotopic (exact) mass is 349 g/mol. The Bertz CT molecular complexity index is 652. The smallest absolute Gasteiger partial charge is 0.261 e. The summed E-state index contributed by atoms with van der Waals surface area (Å²) in [5.74, 6) is -0.330. The summed E-state index contributed by atoms with van der Waals surface area (Å²) in [7, 11) is 1.39. The van der Waals surface area contributed by atoms with Crippen LogP contribution in [0.25, 0.3) is 0 Å². The largest absolute Gasteiger partial charge is 0.347 e. The molecule has 1 amide bonds. The van der Waals surface area contributed by atoms with Gasteiger partial charge < -0.3 is 5.32 Å². The van der Waals surface area contributed by atoms with Crippen LogP contribution in [0.1, 0.15) is 49.4 Å². The standard InChI is InChI=1S/C14H17Cl2NO3S/c1-14(5-3-2-4-6-14)17-13(18)10-7-11(15)9-12(8-10)21(16,19)20/h7-9H,2-6H2,1H3,(H,17,18). The van der Waals surface area contributed by atoms with Crippen molar-refractivity contribution in [2.75, 3.05) is 0 Å². The zero-order valence-electron chi connectivity index (χ0n) is 11.7. The third-order valence-corrected chi connectivity index (χ3v) is 5.34. The second-order valence-corrected chi connectivity index (χ2v) is 8.69. The van der Waals surface area contributed by atoms with Crippen molar-refractivity contribution in [3.8, 4) is 0 Å². The lowest BCUT2D eigenvalue weighted by Gasteiger charge is -2.34. The first-order valence-corrected chi connectivity index (χ1v) is 9.46. The predicted octanol–water partition coefficient (Wildman–Crippen LogP) is 3.72. The number of rotatable bonds is 3. The van der Waals surface area contributed by atoms with Crippen LogP contribution < -0.4 is 5.32 Å². The van der Waals surface area contributed by atoms with Gasteiger partial charge in [0.1, 0.15) is 0 Å². The molecule has 1 N–H and O–H groups in total. The van der Waals surface area contributed by atoms with Gasteiger partial charge in [-0.2, -0.15) is 0 Å². The normalized spacial score (nSPS) is 18.2. The van der Waals surface area contributed by atoms with Gasteiger partial charge >= 0.3 is 0 Å². The molecule has 0 spiro atoms. The van der Waals surface area contributed by atoms with E-state index in [4.69, 9.17) is 22.3 Å². The molecule has 0 heterocycles. The first-order chi connectivity index (χ1) is 9.70. The summed E-state index contributed by atoms with van der Waals surface area (Å²) in [5.41, 5.74) is -0.0500. The second kappa shape index (κ2) is 6.15. The Morgan fingerprint density at radius 2 is 1.81 bits per heavy atom. The van der Waals surface area contributed by atoms with E-state index in [1.54, 1.807) is 0 Å². The van der Waals surface area contributed by atoms with Crippen molar-refractivity contribution in [2.24, 2.45) is 0 Å². The second-order valence-electron chi connectivity index (χ2n) is 5.69. The van der Waals surface area contributed by atoms with Crippen molar-refractivity contribution in [2.45, 2.75) is 49.5 Å². The van der Waals surface area contributed by atoms with Crippen molar-refractivity contribution < 1.29 is 13.2 Å². The van der Waals surface area contributed by atoms with E-state index in [1.165, 1.54) is 24.6 Å². The maximum Gasteiger partial charge on any atom is 0.261 e. The molecule has 1 saturated carbocycles. The van der Waals surface area contributed by atoms with Crippen molar-refractivity contribution in [3.63, 3.8) is 0 Å². The molecular weight excluding hydrogens is 333 g/mol. The fourth-order valence-corrected chi connectivity index (χ4v) is 3.74. The number of hydrogen-bond donors (Lipinski definition) is 1. The Kier molecular flexibility index (Phi) is 4.85. The molecule has 1 aliphatic carbocycles. The molecule has 0 atom stereocenters. The molecule has 1 aromatic rings. The Balaban J connectivity index is 2.25. The van der Waals surface area contributed by atoms with Gasteiger partial charge in [-0.25, -0.2) is 8.42 Å². The van der Waals surface area contributed by atoms with Gasteiger partial charge in [-0.3, -0.25) is 4.79 Å². The lowest BCUT2D eigenvalue weighted by atomic mass is 9.83. The number of amides is 1. The SMILES string of the molecule is CC1(NC(=O)c2cc(Cl)cc(S(=O)(=O)Cl)c2)CCCCC1. The van der Waals surface area contributed by atoms with Crippen LogP contribution in [0.3, 0.4) is 0 Å². The number of carbonyl (C=O) groups excluding carboxylic acids is 1. The van der Waals surface area contributed by atoms with Gasteiger partial charge in [0, 0.05) is 26.8 Å². The van der Waals surface area contributed by atoms with Gasteiger partial charge in [0.15, 0.2) is 0 Å². The van der Waals surface area contributed by atoms with Gasteiger partial charge in [-0.05, 0) is 38.0 Å². The quantitative estimate of drug-likeness (QED) is 0.845. The van der Waals surface area contributed by atoms with Crippen molar-refractivity contribution in [1.29, 1.82) is 0 Å². The van der Waals surface area contributed by atoms with E-state index < -0.39 is 9.05 Å². The molecule has 2 rings (SSSR count). The van der Waals surface area contributed by atoms with E-state index in [2.05, 4.69) is 5.32 Å². The molecule has 1 fully saturated rings. The Hall–Kier alpha value is -0.780. The van der Waals surface area contributed by atoms with Crippen LogP contribution in [0.2, 0.25) is 5.02 Å². The number of halogens is 2. The van der Waals surface area contributed by atoms with Crippen LogP contribution in [-0.2, 0) is 9.05 Å². The average Bonchev–Trinajstić information content (AvgIpc) is 2.37. The molecule has 1 aromatic carbocycles. The maximum absolute atomic E-state index is 12.3. The molecule has 21 heavy (non-hydrogen) atoms. The van der Waals surface area contributed by atoms with Crippen molar-refractivity contribution in [3.05, 3.63) is 28.8 Å². The van der Waals surface area contributed by atoms with Crippen LogP contribution in [0, 0.1) is 0 Å². The summed E-state index contributed by atoms with van der Waals surface area (Å²) >= 11 is 5.87. The zero-order valence-corrected chi connectivity index (χ0v) is 14.0. The lowest BCUT2D eigenvalue weighted by molar-refractivity contribution is 0.0882. The van der Waals surface area contributed by atoms with E-state index in [-0.39, 0.29) is 26.9 Å². The highest BCUT2D eigenvalue weighted by molar-refractivity contribution is 8.13. The van der Waals surface area contributed by atoms with Gasteiger partial charge in [0.25, 0.3) is 15.0 Å². The van der Waals surface area contributed by atoms with Gasteiger partial charge in [-0.1, -0.05) is 30.9 Å². The molecule has 116 valence electrons. The van der Waals surface area contributed by atoms with E-state index >= 15 is 0 Å². The van der Waals surface area contributed by atoms with Crippen molar-refractivity contribution in [1.82, 2.24) is 5.32 Å². The molecule has 0 bridgehead atoms. The minimum atomic E-state index is -3.92. The van der Waals surface area contributed by atoms with E-state index in [0.717, 1.165) is 25.7 Å².